The second kappa shape index (κ2) is 6.25. The molecule has 0 aliphatic rings. The molecule has 0 fully saturated rings. The second-order valence-corrected chi connectivity index (χ2v) is 6.77. The van der Waals surface area contributed by atoms with Gasteiger partial charge in [-0.2, -0.15) is 4.57 Å². The van der Waals surface area contributed by atoms with Crippen molar-refractivity contribution in [2.24, 2.45) is 7.05 Å². The molecular weight excluding hydrogens is 332 g/mol. The van der Waals surface area contributed by atoms with Gasteiger partial charge in [0.2, 0.25) is 5.69 Å². The summed E-state index contributed by atoms with van der Waals surface area (Å²) in [6.45, 7) is 9.33. The third-order valence-electron chi connectivity index (χ3n) is 4.96. The van der Waals surface area contributed by atoms with Crippen LogP contribution in [0.3, 0.4) is 0 Å². The second-order valence-electron chi connectivity index (χ2n) is 6.77. The van der Waals surface area contributed by atoms with E-state index in [2.05, 4.69) is 4.85 Å². The number of nitrogens with zero attached hydrogens (tertiary/aromatic N) is 2. The minimum absolute atomic E-state index is 0.129. The van der Waals surface area contributed by atoms with Crippen molar-refractivity contribution in [1.82, 2.24) is 0 Å². The minimum atomic E-state index is -2.72. The highest BCUT2D eigenvalue weighted by Gasteiger charge is 2.23. The van der Waals surface area contributed by atoms with Gasteiger partial charge in [-0.05, 0) is 30.0 Å². The summed E-state index contributed by atoms with van der Waals surface area (Å²) in [6, 6.07) is 8.73. The molecule has 134 valence electrons. The lowest BCUT2D eigenvalue weighted by Gasteiger charge is -2.11. The molecule has 4 rings (SSSR count). The predicted molar refractivity (Wildman–Crippen MR) is 110 cm³/mol. The molecule has 2 heterocycles. The standard InChI is InChI=1S/C24H23N2O/c1-14(2)17-11-16(4)26(6)21(12-17)23-15(3)7-9-20-19-10-8-18(25-5)13-22(19)27-24(20)23/h7-14H,1-4,6H3/q+1/i1D3,11D,12D,14D. The van der Waals surface area contributed by atoms with Crippen LogP contribution in [0, 0.1) is 20.4 Å². The molecule has 0 radical (unpaired) electrons. The monoisotopic (exact) mass is 361 g/mol. The minimum Gasteiger partial charge on any atom is -0.456 e. The molecule has 3 nitrogen and oxygen atoms in total. The highest BCUT2D eigenvalue weighted by molar-refractivity contribution is 6.10. The zero-order chi connectivity index (χ0) is 24.5. The van der Waals surface area contributed by atoms with E-state index in [1.54, 1.807) is 30.7 Å². The van der Waals surface area contributed by atoms with Gasteiger partial charge in [0, 0.05) is 35.3 Å². The number of fused-ring (bicyclic) bond motifs is 3. The first-order chi connectivity index (χ1) is 15.3. The molecule has 27 heavy (non-hydrogen) atoms. The predicted octanol–water partition coefficient (Wildman–Crippen LogP) is 6.37. The van der Waals surface area contributed by atoms with Crippen molar-refractivity contribution in [1.29, 1.82) is 0 Å². The van der Waals surface area contributed by atoms with Gasteiger partial charge in [-0.3, -0.25) is 0 Å². The van der Waals surface area contributed by atoms with Crippen LogP contribution in [0.5, 0.6) is 0 Å². The number of aromatic nitrogens is 1. The topological polar surface area (TPSA) is 21.4 Å². The Labute approximate surface area is 168 Å². The molecule has 0 saturated heterocycles. The van der Waals surface area contributed by atoms with Crippen molar-refractivity contribution in [2.75, 3.05) is 0 Å². The van der Waals surface area contributed by atoms with Gasteiger partial charge in [0.25, 0.3) is 0 Å². The molecule has 1 atom stereocenters. The van der Waals surface area contributed by atoms with Gasteiger partial charge in [-0.25, -0.2) is 4.85 Å². The van der Waals surface area contributed by atoms with Gasteiger partial charge >= 0.3 is 0 Å². The van der Waals surface area contributed by atoms with Crippen LogP contribution in [0.1, 0.15) is 44.7 Å². The summed E-state index contributed by atoms with van der Waals surface area (Å²) in [7, 11) is 1.72. The Bertz CT molecular complexity index is 1490. The molecule has 1 unspecified atom stereocenters. The van der Waals surface area contributed by atoms with E-state index in [1.807, 2.05) is 25.1 Å². The molecule has 2 aromatic carbocycles. The lowest BCUT2D eigenvalue weighted by molar-refractivity contribution is -0.666. The first-order valence-electron chi connectivity index (χ1n) is 11.6. The molecule has 0 spiro atoms. The summed E-state index contributed by atoms with van der Waals surface area (Å²) in [6.07, 6.45) is 0. The SMILES string of the molecule is [2H]c1c(C([2H])(C)C([2H])([2H])[2H])c([2H])c(-c2c(C)ccc3c2oc2cc([N+]#[C-])ccc23)[n+](C)c1C. The summed E-state index contributed by atoms with van der Waals surface area (Å²) < 4.78 is 57.7. The Morgan fingerprint density at radius 2 is 2.00 bits per heavy atom. The van der Waals surface area contributed by atoms with Crippen molar-refractivity contribution in [3.8, 4) is 11.3 Å². The number of pyridine rings is 1. The van der Waals surface area contributed by atoms with E-state index in [-0.39, 0.29) is 17.6 Å². The zero-order valence-corrected chi connectivity index (χ0v) is 15.7. The van der Waals surface area contributed by atoms with Gasteiger partial charge in [0.05, 0.1) is 14.9 Å². The highest BCUT2D eigenvalue weighted by atomic mass is 16.3. The average molecular weight is 361 g/mol. The van der Waals surface area contributed by atoms with Crippen LogP contribution in [0.4, 0.5) is 5.69 Å². The summed E-state index contributed by atoms with van der Waals surface area (Å²) >= 11 is 0. The average Bonchev–Trinajstić information content (AvgIpc) is 3.10. The van der Waals surface area contributed by atoms with Gasteiger partial charge in [0.15, 0.2) is 11.4 Å². The van der Waals surface area contributed by atoms with Crippen molar-refractivity contribution in [3.63, 3.8) is 0 Å². The van der Waals surface area contributed by atoms with Gasteiger partial charge in [-0.1, -0.05) is 38.0 Å². The Kier molecular flexibility index (Phi) is 2.67. The summed E-state index contributed by atoms with van der Waals surface area (Å²) in [5.74, 6) is -2.14. The first kappa shape index (κ1) is 11.6. The number of hydrogen-bond acceptors (Lipinski definition) is 1. The molecule has 0 aliphatic heterocycles. The van der Waals surface area contributed by atoms with Crippen LogP contribution in [0.2, 0.25) is 0 Å². The Morgan fingerprint density at radius 3 is 2.74 bits per heavy atom. The van der Waals surface area contributed by atoms with Gasteiger partial charge < -0.3 is 4.42 Å². The van der Waals surface area contributed by atoms with Gasteiger partial charge in [0.1, 0.15) is 18.2 Å². The number of hydrogen-bond donors (Lipinski definition) is 0. The number of benzene rings is 2. The normalized spacial score (nSPS) is 17.3. The smallest absolute Gasteiger partial charge is 0.216 e. The van der Waals surface area contributed by atoms with Crippen LogP contribution in [0.15, 0.2) is 46.8 Å². The molecule has 2 aromatic heterocycles. The van der Waals surface area contributed by atoms with Crippen molar-refractivity contribution >= 4 is 27.6 Å². The fraction of sp³-hybridized carbons (Fsp3) is 0.250. The van der Waals surface area contributed by atoms with Crippen LogP contribution < -0.4 is 4.57 Å². The molecule has 0 N–H and O–H groups in total. The van der Waals surface area contributed by atoms with Crippen LogP contribution >= 0.6 is 0 Å². The van der Waals surface area contributed by atoms with Crippen LogP contribution in [-0.4, -0.2) is 0 Å². The fourth-order valence-electron chi connectivity index (χ4n) is 3.37. The van der Waals surface area contributed by atoms with E-state index in [1.165, 1.54) is 6.92 Å². The molecular formula is C24H23N2O+. The number of aryl methyl sites for hydroxylation is 1. The van der Waals surface area contributed by atoms with Gasteiger partial charge in [-0.15, -0.1) is 0 Å². The van der Waals surface area contributed by atoms with Crippen LogP contribution in [-0.2, 0) is 7.05 Å². The fourth-order valence-corrected chi connectivity index (χ4v) is 3.37. The van der Waals surface area contributed by atoms with Crippen molar-refractivity contribution < 1.29 is 17.2 Å². The first-order valence-corrected chi connectivity index (χ1v) is 8.65. The molecule has 0 amide bonds. The molecule has 0 aliphatic carbocycles. The summed E-state index contributed by atoms with van der Waals surface area (Å²) in [5.41, 5.74) is 3.60. The van der Waals surface area contributed by atoms with E-state index in [4.69, 9.17) is 19.2 Å². The van der Waals surface area contributed by atoms with E-state index < -0.39 is 12.7 Å². The molecule has 0 saturated carbocycles. The Balaban J connectivity index is 2.17. The quantitative estimate of drug-likeness (QED) is 0.300. The van der Waals surface area contributed by atoms with Crippen molar-refractivity contribution in [2.45, 2.75) is 33.5 Å². The maximum absolute atomic E-state index is 8.98. The van der Waals surface area contributed by atoms with Crippen molar-refractivity contribution in [3.05, 3.63) is 70.7 Å². The highest BCUT2D eigenvalue weighted by Crippen LogP contribution is 2.38. The zero-order valence-electron chi connectivity index (χ0n) is 21.7. The molecule has 3 heteroatoms. The van der Waals surface area contributed by atoms with E-state index in [0.29, 0.717) is 33.8 Å². The van der Waals surface area contributed by atoms with E-state index in [9.17, 15) is 0 Å². The number of rotatable bonds is 2. The van der Waals surface area contributed by atoms with Crippen LogP contribution in [0.25, 0.3) is 38.0 Å². The lowest BCUT2D eigenvalue weighted by Crippen LogP contribution is -2.35. The third kappa shape index (κ3) is 2.69. The summed E-state index contributed by atoms with van der Waals surface area (Å²) in [5, 5.41) is 1.63. The number of furan rings is 1. The van der Waals surface area contributed by atoms with E-state index >= 15 is 0 Å². The Hall–Kier alpha value is -3.12. The molecule has 4 aromatic rings. The maximum atomic E-state index is 8.98. The lowest BCUT2D eigenvalue weighted by atomic mass is 9.96. The largest absolute Gasteiger partial charge is 0.456 e. The van der Waals surface area contributed by atoms with E-state index in [0.717, 1.165) is 16.3 Å². The maximum Gasteiger partial charge on any atom is 0.216 e. The molecule has 0 bridgehead atoms. The Morgan fingerprint density at radius 1 is 1.22 bits per heavy atom. The third-order valence-corrected chi connectivity index (χ3v) is 4.96. The summed E-state index contributed by atoms with van der Waals surface area (Å²) in [4.78, 5) is 3.46.